The van der Waals surface area contributed by atoms with E-state index in [1.54, 1.807) is 12.1 Å². The van der Waals surface area contributed by atoms with Crippen molar-refractivity contribution in [3.63, 3.8) is 0 Å². The number of carbonyl (C=O) groups is 2. The first-order valence-electron chi connectivity index (χ1n) is 7.63. The van der Waals surface area contributed by atoms with Gasteiger partial charge < -0.3 is 28.9 Å². The van der Waals surface area contributed by atoms with Crippen LogP contribution in [0.3, 0.4) is 0 Å². The molecule has 0 saturated heterocycles. The molecule has 1 aromatic carbocycles. The number of benzene rings is 1. The Kier molecular flexibility index (Phi) is 6.20. The number of hydrogen-bond acceptors (Lipinski definition) is 7. The summed E-state index contributed by atoms with van der Waals surface area (Å²) in [5.74, 6) is -0.693. The third-order valence-corrected chi connectivity index (χ3v) is 3.43. The zero-order chi connectivity index (χ0) is 17.5. The Hall–Kier alpha value is -2.54. The third-order valence-electron chi connectivity index (χ3n) is 3.43. The Morgan fingerprint density at radius 3 is 2.75 bits per heavy atom. The number of para-hydroxylation sites is 1. The summed E-state index contributed by atoms with van der Waals surface area (Å²) < 4.78 is 15.9. The van der Waals surface area contributed by atoms with E-state index in [0.717, 1.165) is 10.9 Å². The van der Waals surface area contributed by atoms with Crippen LogP contribution in [0, 0.1) is 0 Å². The van der Waals surface area contributed by atoms with Crippen LogP contribution in [-0.4, -0.2) is 36.9 Å². The van der Waals surface area contributed by atoms with Crippen molar-refractivity contribution in [2.75, 3.05) is 19.8 Å². The van der Waals surface area contributed by atoms with Crippen LogP contribution in [0.2, 0.25) is 0 Å². The second-order valence-corrected chi connectivity index (χ2v) is 5.21. The van der Waals surface area contributed by atoms with Crippen LogP contribution in [0.1, 0.15) is 24.7 Å². The Labute approximate surface area is 138 Å². The van der Waals surface area contributed by atoms with E-state index in [2.05, 4.69) is 0 Å². The van der Waals surface area contributed by atoms with Crippen molar-refractivity contribution in [3.05, 3.63) is 29.5 Å². The van der Waals surface area contributed by atoms with Gasteiger partial charge in [0.15, 0.2) is 11.3 Å². The molecule has 0 bridgehead atoms. The van der Waals surface area contributed by atoms with E-state index in [4.69, 9.17) is 13.9 Å². The highest BCUT2D eigenvalue weighted by Crippen LogP contribution is 2.33. The molecule has 1 N–H and O–H groups in total. The van der Waals surface area contributed by atoms with Crippen LogP contribution in [0.5, 0.6) is 5.75 Å². The van der Waals surface area contributed by atoms with E-state index in [-0.39, 0.29) is 19.2 Å². The number of aliphatic hydroxyl groups excluding tert-OH is 1. The molecule has 0 aliphatic heterocycles. The van der Waals surface area contributed by atoms with Gasteiger partial charge in [0.05, 0.1) is 12.6 Å². The molecule has 1 heterocycles. The number of aliphatic hydroxyl groups is 1. The first-order chi connectivity index (χ1) is 11.5. The second-order valence-electron chi connectivity index (χ2n) is 5.21. The van der Waals surface area contributed by atoms with Gasteiger partial charge in [-0.15, -0.1) is 0 Å². The fraction of sp³-hybridized carbons (Fsp3) is 0.412. The highest BCUT2D eigenvalue weighted by atomic mass is 16.5. The van der Waals surface area contributed by atoms with Crippen LogP contribution in [0.25, 0.3) is 11.0 Å². The molecule has 0 aliphatic rings. The molecule has 0 aliphatic carbocycles. The summed E-state index contributed by atoms with van der Waals surface area (Å²) in [6.45, 7) is 1.00. The normalized spacial score (nSPS) is 10.8. The quantitative estimate of drug-likeness (QED) is 0.527. The van der Waals surface area contributed by atoms with Gasteiger partial charge in [0.1, 0.15) is 12.4 Å². The summed E-state index contributed by atoms with van der Waals surface area (Å²) in [4.78, 5) is 21.4. The zero-order valence-electron chi connectivity index (χ0n) is 13.4. The van der Waals surface area contributed by atoms with Crippen LogP contribution in [0.15, 0.2) is 22.6 Å². The first kappa shape index (κ1) is 17.8. The number of rotatable bonds is 9. The second kappa shape index (κ2) is 8.35. The maximum atomic E-state index is 10.8. The molecular formula is C17H19O7-. The average Bonchev–Trinajstić information content (AvgIpc) is 2.88. The Bertz CT molecular complexity index is 717. The van der Waals surface area contributed by atoms with E-state index < -0.39 is 12.6 Å². The molecule has 0 fully saturated rings. The third kappa shape index (κ3) is 4.48. The van der Waals surface area contributed by atoms with Gasteiger partial charge in [-0.25, -0.2) is 0 Å². The molecule has 0 unspecified atom stereocenters. The minimum Gasteiger partial charge on any atom is -0.546 e. The van der Waals surface area contributed by atoms with Crippen LogP contribution in [0.4, 0.5) is 0 Å². The fourth-order valence-electron chi connectivity index (χ4n) is 2.48. The topological polar surface area (TPSA) is 109 Å². The SMILES string of the molecule is CC(=O)OCCCc1oc2c(OCC(=O)[O-])cccc2c1CCO. The Balaban J connectivity index is 2.25. The molecule has 24 heavy (non-hydrogen) atoms. The molecule has 1 aromatic heterocycles. The molecular weight excluding hydrogens is 316 g/mol. The molecule has 2 rings (SSSR count). The number of esters is 1. The van der Waals surface area contributed by atoms with E-state index in [0.29, 0.717) is 36.4 Å². The summed E-state index contributed by atoms with van der Waals surface area (Å²) >= 11 is 0. The van der Waals surface area contributed by atoms with Gasteiger partial charge in [0, 0.05) is 30.9 Å². The van der Waals surface area contributed by atoms with Crippen LogP contribution < -0.4 is 9.84 Å². The molecule has 2 aromatic rings. The molecule has 7 heteroatoms. The lowest BCUT2D eigenvalue weighted by molar-refractivity contribution is -0.307. The monoisotopic (exact) mass is 335 g/mol. The Morgan fingerprint density at radius 2 is 2.08 bits per heavy atom. The molecule has 130 valence electrons. The number of fused-ring (bicyclic) bond motifs is 1. The molecule has 0 saturated carbocycles. The van der Waals surface area contributed by atoms with Gasteiger partial charge >= 0.3 is 5.97 Å². The predicted molar refractivity (Wildman–Crippen MR) is 82.5 cm³/mol. The average molecular weight is 335 g/mol. The van der Waals surface area contributed by atoms with Crippen molar-refractivity contribution >= 4 is 22.9 Å². The van der Waals surface area contributed by atoms with Gasteiger partial charge in [-0.05, 0) is 18.9 Å². The summed E-state index contributed by atoms with van der Waals surface area (Å²) in [6, 6.07) is 5.16. The number of hydrogen-bond donors (Lipinski definition) is 1. The molecule has 0 spiro atoms. The van der Waals surface area contributed by atoms with Crippen molar-refractivity contribution in [1.29, 1.82) is 0 Å². The number of carboxylic acid groups (broad SMARTS) is 1. The standard InChI is InChI=1S/C17H20O7/c1-11(19)22-9-3-6-14-12(7-8-18)13-4-2-5-15(17(13)24-14)23-10-16(20)21/h2,4-5,18H,3,6-10H2,1H3,(H,20,21)/p-1. The minimum atomic E-state index is -1.32. The van der Waals surface area contributed by atoms with E-state index in [9.17, 15) is 19.8 Å². The summed E-state index contributed by atoms with van der Waals surface area (Å²) in [5, 5.41) is 20.6. The maximum absolute atomic E-state index is 10.8. The van der Waals surface area contributed by atoms with Crippen molar-refractivity contribution in [3.8, 4) is 5.75 Å². The van der Waals surface area contributed by atoms with Gasteiger partial charge in [0.25, 0.3) is 0 Å². The fourth-order valence-corrected chi connectivity index (χ4v) is 2.48. The molecule has 0 radical (unpaired) electrons. The summed E-state index contributed by atoms with van der Waals surface area (Å²) in [5.41, 5.74) is 1.28. The van der Waals surface area contributed by atoms with Crippen LogP contribution >= 0.6 is 0 Å². The minimum absolute atomic E-state index is 0.0459. The molecule has 0 amide bonds. The van der Waals surface area contributed by atoms with E-state index in [1.807, 2.05) is 6.07 Å². The van der Waals surface area contributed by atoms with Gasteiger partial charge in [0.2, 0.25) is 0 Å². The van der Waals surface area contributed by atoms with E-state index >= 15 is 0 Å². The van der Waals surface area contributed by atoms with Gasteiger partial charge in [-0.1, -0.05) is 12.1 Å². The Morgan fingerprint density at radius 1 is 1.29 bits per heavy atom. The lowest BCUT2D eigenvalue weighted by Crippen LogP contribution is -2.28. The molecule has 0 atom stereocenters. The lowest BCUT2D eigenvalue weighted by atomic mass is 10.1. The predicted octanol–water partition coefficient (Wildman–Crippen LogP) is 0.592. The summed E-state index contributed by atoms with van der Waals surface area (Å²) in [7, 11) is 0. The van der Waals surface area contributed by atoms with Crippen molar-refractivity contribution in [1.82, 2.24) is 0 Å². The van der Waals surface area contributed by atoms with Gasteiger partial charge in [-0.3, -0.25) is 4.79 Å². The smallest absolute Gasteiger partial charge is 0.302 e. The first-order valence-corrected chi connectivity index (χ1v) is 7.63. The lowest BCUT2D eigenvalue weighted by Gasteiger charge is -2.06. The highest BCUT2D eigenvalue weighted by Gasteiger charge is 2.17. The largest absolute Gasteiger partial charge is 0.546 e. The van der Waals surface area contributed by atoms with Gasteiger partial charge in [-0.2, -0.15) is 0 Å². The van der Waals surface area contributed by atoms with Crippen LogP contribution in [-0.2, 0) is 27.2 Å². The number of furan rings is 1. The van der Waals surface area contributed by atoms with Crippen molar-refractivity contribution < 1.29 is 33.7 Å². The number of carbonyl (C=O) groups excluding carboxylic acids is 2. The zero-order valence-corrected chi connectivity index (χ0v) is 13.4. The highest BCUT2D eigenvalue weighted by molar-refractivity contribution is 5.87. The summed E-state index contributed by atoms with van der Waals surface area (Å²) in [6.07, 6.45) is 1.50. The number of aliphatic carboxylic acids is 1. The van der Waals surface area contributed by atoms with E-state index in [1.165, 1.54) is 6.92 Å². The van der Waals surface area contributed by atoms with Crippen molar-refractivity contribution in [2.24, 2.45) is 0 Å². The maximum Gasteiger partial charge on any atom is 0.302 e. The number of carboxylic acids is 1. The number of ether oxygens (including phenoxy) is 2. The molecule has 7 nitrogen and oxygen atoms in total. The number of aryl methyl sites for hydroxylation is 1. The van der Waals surface area contributed by atoms with Crippen molar-refractivity contribution in [2.45, 2.75) is 26.2 Å².